The highest BCUT2D eigenvalue weighted by atomic mass is 79.9. The summed E-state index contributed by atoms with van der Waals surface area (Å²) in [6.45, 7) is 2.57. The fourth-order valence-corrected chi connectivity index (χ4v) is 2.51. The number of halogens is 1. The number of hydrogen-bond acceptors (Lipinski definition) is 3. The normalized spacial score (nSPS) is 12.5. The maximum Gasteiger partial charge on any atom is 0.221 e. The summed E-state index contributed by atoms with van der Waals surface area (Å²) in [6.07, 6.45) is 1.24. The molecule has 0 saturated heterocycles. The predicted molar refractivity (Wildman–Crippen MR) is 66.7 cm³/mol. The Kier molecular flexibility index (Phi) is 5.28. The van der Waals surface area contributed by atoms with Crippen molar-refractivity contribution in [1.82, 2.24) is 5.32 Å². The van der Waals surface area contributed by atoms with Crippen LogP contribution in [0.4, 0.5) is 0 Å². The Morgan fingerprint density at radius 3 is 2.93 bits per heavy atom. The summed E-state index contributed by atoms with van der Waals surface area (Å²) in [4.78, 5) is 12.5. The number of rotatable bonds is 5. The van der Waals surface area contributed by atoms with Gasteiger partial charge in [0.1, 0.15) is 0 Å². The second kappa shape index (κ2) is 6.25. The minimum absolute atomic E-state index is 0.0221. The molecular weight excluding hydrogens is 276 g/mol. The maximum atomic E-state index is 11.4. The highest BCUT2D eigenvalue weighted by molar-refractivity contribution is 9.11. The molecule has 0 saturated carbocycles. The molecule has 1 rings (SSSR count). The standard InChI is InChI=1S/C10H15BrN2OS/c1-2-7(12)5-10(14)13-6-8-3-4-9(11)15-8/h3-4,7H,2,5-6,12H2,1H3,(H,13,14). The summed E-state index contributed by atoms with van der Waals surface area (Å²) >= 11 is 5.00. The van der Waals surface area contributed by atoms with E-state index in [4.69, 9.17) is 5.73 Å². The number of nitrogens with two attached hydrogens (primary N) is 1. The van der Waals surface area contributed by atoms with Crippen LogP contribution < -0.4 is 11.1 Å². The molecule has 1 aromatic rings. The van der Waals surface area contributed by atoms with Gasteiger partial charge in [0.2, 0.25) is 5.91 Å². The summed E-state index contributed by atoms with van der Waals surface area (Å²) in [5.74, 6) is 0.0221. The molecular formula is C10H15BrN2OS. The van der Waals surface area contributed by atoms with E-state index in [0.717, 1.165) is 15.1 Å². The van der Waals surface area contributed by atoms with Crippen molar-refractivity contribution < 1.29 is 4.79 Å². The van der Waals surface area contributed by atoms with Crippen molar-refractivity contribution in [2.45, 2.75) is 32.4 Å². The molecule has 84 valence electrons. The Morgan fingerprint density at radius 1 is 1.67 bits per heavy atom. The van der Waals surface area contributed by atoms with Gasteiger partial charge in [-0.25, -0.2) is 0 Å². The number of carbonyl (C=O) groups is 1. The lowest BCUT2D eigenvalue weighted by Gasteiger charge is -2.08. The van der Waals surface area contributed by atoms with Crippen LogP contribution in [-0.4, -0.2) is 11.9 Å². The topological polar surface area (TPSA) is 55.1 Å². The van der Waals surface area contributed by atoms with E-state index in [0.29, 0.717) is 13.0 Å². The predicted octanol–water partition coefficient (Wildman–Crippen LogP) is 2.25. The zero-order chi connectivity index (χ0) is 11.3. The Hall–Kier alpha value is -0.390. The molecule has 0 radical (unpaired) electrons. The number of hydrogen-bond donors (Lipinski definition) is 2. The van der Waals surface area contributed by atoms with Crippen LogP contribution in [0.5, 0.6) is 0 Å². The molecule has 0 fully saturated rings. The zero-order valence-corrected chi connectivity index (χ0v) is 11.0. The molecule has 0 aliphatic carbocycles. The first-order valence-electron chi connectivity index (χ1n) is 4.88. The van der Waals surface area contributed by atoms with Crippen LogP contribution in [0.15, 0.2) is 15.9 Å². The monoisotopic (exact) mass is 290 g/mol. The minimum atomic E-state index is -0.0277. The fraction of sp³-hybridized carbons (Fsp3) is 0.500. The number of carbonyl (C=O) groups excluding carboxylic acids is 1. The Labute approximate surface area is 102 Å². The third-order valence-corrected chi connectivity index (χ3v) is 3.68. The second-order valence-corrected chi connectivity index (χ2v) is 5.90. The molecule has 5 heteroatoms. The van der Waals surface area contributed by atoms with E-state index in [-0.39, 0.29) is 11.9 Å². The van der Waals surface area contributed by atoms with Crippen LogP contribution in [0.2, 0.25) is 0 Å². The first-order valence-corrected chi connectivity index (χ1v) is 6.49. The van der Waals surface area contributed by atoms with E-state index >= 15 is 0 Å². The Morgan fingerprint density at radius 2 is 2.40 bits per heavy atom. The van der Waals surface area contributed by atoms with E-state index in [1.54, 1.807) is 11.3 Å². The highest BCUT2D eigenvalue weighted by Gasteiger charge is 2.07. The van der Waals surface area contributed by atoms with Gasteiger partial charge in [-0.1, -0.05) is 6.92 Å². The third kappa shape index (κ3) is 4.77. The molecule has 0 aliphatic rings. The molecule has 15 heavy (non-hydrogen) atoms. The lowest BCUT2D eigenvalue weighted by molar-refractivity contribution is -0.121. The summed E-state index contributed by atoms with van der Waals surface area (Å²) in [7, 11) is 0. The number of thiophene rings is 1. The van der Waals surface area contributed by atoms with Gasteiger partial charge in [-0.2, -0.15) is 0 Å². The first-order chi connectivity index (χ1) is 7.11. The molecule has 0 bridgehead atoms. The van der Waals surface area contributed by atoms with E-state index in [9.17, 15) is 4.79 Å². The second-order valence-electron chi connectivity index (χ2n) is 3.36. The minimum Gasteiger partial charge on any atom is -0.351 e. The Balaban J connectivity index is 2.28. The molecule has 1 aromatic heterocycles. The van der Waals surface area contributed by atoms with Crippen LogP contribution in [0, 0.1) is 0 Å². The largest absolute Gasteiger partial charge is 0.351 e. The molecule has 0 aromatic carbocycles. The Bertz CT molecular complexity index is 327. The van der Waals surface area contributed by atoms with Crippen LogP contribution in [0.3, 0.4) is 0 Å². The fourth-order valence-electron chi connectivity index (χ4n) is 1.09. The van der Waals surface area contributed by atoms with Crippen molar-refractivity contribution in [1.29, 1.82) is 0 Å². The smallest absolute Gasteiger partial charge is 0.221 e. The van der Waals surface area contributed by atoms with E-state index in [1.165, 1.54) is 0 Å². The van der Waals surface area contributed by atoms with E-state index in [2.05, 4.69) is 21.2 Å². The van der Waals surface area contributed by atoms with Gasteiger partial charge in [-0.15, -0.1) is 11.3 Å². The van der Waals surface area contributed by atoms with Crippen molar-refractivity contribution in [2.75, 3.05) is 0 Å². The number of nitrogens with one attached hydrogen (secondary N) is 1. The van der Waals surface area contributed by atoms with Crippen LogP contribution >= 0.6 is 27.3 Å². The van der Waals surface area contributed by atoms with E-state index in [1.807, 2.05) is 19.1 Å². The summed E-state index contributed by atoms with van der Waals surface area (Å²) in [5, 5.41) is 2.85. The summed E-state index contributed by atoms with van der Waals surface area (Å²) < 4.78 is 1.08. The van der Waals surface area contributed by atoms with Crippen molar-refractivity contribution >= 4 is 33.2 Å². The van der Waals surface area contributed by atoms with E-state index < -0.39 is 0 Å². The quantitative estimate of drug-likeness (QED) is 0.874. The lowest BCUT2D eigenvalue weighted by Crippen LogP contribution is -2.30. The average molecular weight is 291 g/mol. The molecule has 1 heterocycles. The van der Waals surface area contributed by atoms with Gasteiger partial charge in [-0.05, 0) is 34.5 Å². The average Bonchev–Trinajstić information content (AvgIpc) is 2.61. The summed E-state index contributed by atoms with van der Waals surface area (Å²) in [5.41, 5.74) is 5.68. The van der Waals surface area contributed by atoms with Crippen molar-refractivity contribution in [3.05, 3.63) is 20.8 Å². The maximum absolute atomic E-state index is 11.4. The molecule has 3 N–H and O–H groups in total. The zero-order valence-electron chi connectivity index (χ0n) is 8.63. The SMILES string of the molecule is CCC(N)CC(=O)NCc1ccc(Br)s1. The molecule has 0 spiro atoms. The van der Waals surface area contributed by atoms with Crippen molar-refractivity contribution in [2.24, 2.45) is 5.73 Å². The lowest BCUT2D eigenvalue weighted by atomic mass is 10.1. The summed E-state index contributed by atoms with van der Waals surface area (Å²) in [6, 6.07) is 3.94. The first kappa shape index (κ1) is 12.7. The molecule has 1 amide bonds. The van der Waals surface area contributed by atoms with Gasteiger partial charge in [0, 0.05) is 17.3 Å². The molecule has 1 atom stereocenters. The molecule has 3 nitrogen and oxygen atoms in total. The van der Waals surface area contributed by atoms with Gasteiger partial charge in [0.05, 0.1) is 10.3 Å². The van der Waals surface area contributed by atoms with Gasteiger partial charge < -0.3 is 11.1 Å². The highest BCUT2D eigenvalue weighted by Crippen LogP contribution is 2.21. The van der Waals surface area contributed by atoms with Crippen molar-refractivity contribution in [3.8, 4) is 0 Å². The van der Waals surface area contributed by atoms with Gasteiger partial charge in [-0.3, -0.25) is 4.79 Å². The molecule has 1 unspecified atom stereocenters. The third-order valence-electron chi connectivity index (χ3n) is 2.06. The van der Waals surface area contributed by atoms with Gasteiger partial charge >= 0.3 is 0 Å². The van der Waals surface area contributed by atoms with Crippen LogP contribution in [-0.2, 0) is 11.3 Å². The van der Waals surface area contributed by atoms with Crippen LogP contribution in [0.25, 0.3) is 0 Å². The van der Waals surface area contributed by atoms with Crippen molar-refractivity contribution in [3.63, 3.8) is 0 Å². The van der Waals surface area contributed by atoms with Crippen LogP contribution in [0.1, 0.15) is 24.6 Å². The molecule has 0 aliphatic heterocycles. The van der Waals surface area contributed by atoms with Gasteiger partial charge in [0.25, 0.3) is 0 Å². The number of amides is 1. The van der Waals surface area contributed by atoms with Gasteiger partial charge in [0.15, 0.2) is 0 Å².